The molecule has 1 amide bonds. The van der Waals surface area contributed by atoms with Crippen molar-refractivity contribution in [2.75, 3.05) is 19.7 Å². The normalized spacial score (nSPS) is 22.6. The molecule has 4 nitrogen and oxygen atoms in total. The van der Waals surface area contributed by atoms with Crippen LogP contribution in [0, 0.1) is 23.2 Å². The number of carbonyl (C=O) groups excluding carboxylic acids is 1. The minimum Gasteiger partial charge on any atom is -0.396 e. The van der Waals surface area contributed by atoms with Gasteiger partial charge >= 0.3 is 0 Å². The van der Waals surface area contributed by atoms with Crippen LogP contribution in [-0.4, -0.2) is 35.6 Å². The van der Waals surface area contributed by atoms with Crippen molar-refractivity contribution in [3.05, 3.63) is 0 Å². The number of rotatable bonds is 4. The zero-order valence-electron chi connectivity index (χ0n) is 9.85. The molecule has 1 aliphatic heterocycles. The predicted molar refractivity (Wildman–Crippen MR) is 60.4 cm³/mol. The average molecular weight is 224 g/mol. The van der Waals surface area contributed by atoms with Crippen molar-refractivity contribution in [3.8, 4) is 6.07 Å². The maximum absolute atomic E-state index is 12.0. The van der Waals surface area contributed by atoms with Crippen molar-refractivity contribution in [1.29, 1.82) is 5.26 Å². The lowest BCUT2D eigenvalue weighted by Crippen LogP contribution is -2.43. The van der Waals surface area contributed by atoms with Crippen molar-refractivity contribution < 1.29 is 9.90 Å². The number of nitriles is 1. The van der Waals surface area contributed by atoms with Gasteiger partial charge in [0.25, 0.3) is 0 Å². The molecule has 0 spiro atoms. The van der Waals surface area contributed by atoms with Crippen LogP contribution in [-0.2, 0) is 4.79 Å². The van der Waals surface area contributed by atoms with Gasteiger partial charge < -0.3 is 10.0 Å². The Labute approximate surface area is 96.9 Å². The molecule has 0 aliphatic carbocycles. The Hall–Kier alpha value is -1.08. The van der Waals surface area contributed by atoms with Crippen LogP contribution >= 0.6 is 0 Å². The van der Waals surface area contributed by atoms with Crippen LogP contribution in [0.25, 0.3) is 0 Å². The molecule has 4 heteroatoms. The third-order valence-corrected chi connectivity index (χ3v) is 3.12. The van der Waals surface area contributed by atoms with E-state index in [1.54, 1.807) is 4.90 Å². The number of amides is 1. The van der Waals surface area contributed by atoms with Gasteiger partial charge in [0.05, 0.1) is 6.07 Å². The number of aliphatic hydroxyl groups excluding tert-OH is 1. The van der Waals surface area contributed by atoms with Crippen molar-refractivity contribution >= 4 is 5.91 Å². The van der Waals surface area contributed by atoms with Crippen molar-refractivity contribution in [2.24, 2.45) is 11.8 Å². The summed E-state index contributed by atoms with van der Waals surface area (Å²) in [7, 11) is 0. The van der Waals surface area contributed by atoms with Crippen LogP contribution in [0.4, 0.5) is 0 Å². The first kappa shape index (κ1) is 13.0. The van der Waals surface area contributed by atoms with E-state index in [-0.39, 0.29) is 18.4 Å². The van der Waals surface area contributed by atoms with E-state index in [4.69, 9.17) is 10.4 Å². The molecule has 0 aromatic rings. The van der Waals surface area contributed by atoms with Crippen molar-refractivity contribution in [3.63, 3.8) is 0 Å². The Morgan fingerprint density at radius 3 is 3.00 bits per heavy atom. The molecular formula is C12H20N2O2. The number of piperidine rings is 1. The first-order valence-electron chi connectivity index (χ1n) is 6.02. The van der Waals surface area contributed by atoms with Gasteiger partial charge in [0, 0.05) is 19.7 Å². The van der Waals surface area contributed by atoms with E-state index in [9.17, 15) is 4.79 Å². The SMILES string of the molecule is CCCC(C#N)C(=O)N1CCCC(CO)C1. The van der Waals surface area contributed by atoms with Crippen molar-refractivity contribution in [1.82, 2.24) is 4.90 Å². The first-order chi connectivity index (χ1) is 7.72. The molecule has 16 heavy (non-hydrogen) atoms. The third-order valence-electron chi connectivity index (χ3n) is 3.12. The summed E-state index contributed by atoms with van der Waals surface area (Å²) >= 11 is 0. The lowest BCUT2D eigenvalue weighted by atomic mass is 9.96. The highest BCUT2D eigenvalue weighted by atomic mass is 16.3. The monoisotopic (exact) mass is 224 g/mol. The molecule has 1 N–H and O–H groups in total. The van der Waals surface area contributed by atoms with E-state index in [0.717, 1.165) is 25.8 Å². The summed E-state index contributed by atoms with van der Waals surface area (Å²) < 4.78 is 0. The molecule has 0 saturated carbocycles. The van der Waals surface area contributed by atoms with Gasteiger partial charge in [-0.3, -0.25) is 4.79 Å². The van der Waals surface area contributed by atoms with E-state index < -0.39 is 5.92 Å². The predicted octanol–water partition coefficient (Wildman–Crippen LogP) is 1.16. The highest BCUT2D eigenvalue weighted by Crippen LogP contribution is 2.19. The molecule has 1 rings (SSSR count). The first-order valence-corrected chi connectivity index (χ1v) is 6.02. The zero-order valence-corrected chi connectivity index (χ0v) is 9.85. The highest BCUT2D eigenvalue weighted by Gasteiger charge is 2.27. The van der Waals surface area contributed by atoms with Crippen LogP contribution in [0.2, 0.25) is 0 Å². The fraction of sp³-hybridized carbons (Fsp3) is 0.833. The van der Waals surface area contributed by atoms with Gasteiger partial charge in [-0.1, -0.05) is 13.3 Å². The Kier molecular flexibility index (Phi) is 5.27. The standard InChI is InChI=1S/C12H20N2O2/c1-2-4-11(7-13)12(16)14-6-3-5-10(8-14)9-15/h10-11,15H,2-6,8-9H2,1H3. The molecule has 2 atom stereocenters. The molecule has 1 fully saturated rings. The molecule has 0 aromatic carbocycles. The molecule has 0 bridgehead atoms. The molecule has 0 radical (unpaired) electrons. The number of hydrogen-bond donors (Lipinski definition) is 1. The van der Waals surface area contributed by atoms with Crippen LogP contribution < -0.4 is 0 Å². The van der Waals surface area contributed by atoms with E-state index in [2.05, 4.69) is 6.07 Å². The summed E-state index contributed by atoms with van der Waals surface area (Å²) in [5, 5.41) is 18.0. The number of carbonyl (C=O) groups is 1. The highest BCUT2D eigenvalue weighted by molar-refractivity contribution is 5.81. The van der Waals surface area contributed by atoms with Crippen LogP contribution in [0.1, 0.15) is 32.6 Å². The number of hydrogen-bond acceptors (Lipinski definition) is 3. The molecule has 2 unspecified atom stereocenters. The maximum atomic E-state index is 12.0. The summed E-state index contributed by atoms with van der Waals surface area (Å²) in [4.78, 5) is 13.7. The van der Waals surface area contributed by atoms with Gasteiger partial charge in [0.15, 0.2) is 0 Å². The number of likely N-dealkylation sites (tertiary alicyclic amines) is 1. The van der Waals surface area contributed by atoms with Gasteiger partial charge in [0.2, 0.25) is 5.91 Å². The minimum atomic E-state index is -0.498. The third kappa shape index (κ3) is 3.21. The largest absolute Gasteiger partial charge is 0.396 e. The quantitative estimate of drug-likeness (QED) is 0.779. The molecule has 90 valence electrons. The summed E-state index contributed by atoms with van der Waals surface area (Å²) in [6, 6.07) is 2.08. The van der Waals surface area contributed by atoms with Gasteiger partial charge in [0.1, 0.15) is 5.92 Å². The molecule has 0 aromatic heterocycles. The van der Waals surface area contributed by atoms with Gasteiger partial charge in [-0.2, -0.15) is 5.26 Å². The summed E-state index contributed by atoms with van der Waals surface area (Å²) in [5.41, 5.74) is 0. The topological polar surface area (TPSA) is 64.3 Å². The molecular weight excluding hydrogens is 204 g/mol. The average Bonchev–Trinajstić information content (AvgIpc) is 2.35. The second kappa shape index (κ2) is 6.49. The van der Waals surface area contributed by atoms with Crippen LogP contribution in [0.3, 0.4) is 0 Å². The summed E-state index contributed by atoms with van der Waals surface area (Å²) in [6.07, 6.45) is 3.39. The van der Waals surface area contributed by atoms with Gasteiger partial charge in [-0.05, 0) is 25.2 Å². The smallest absolute Gasteiger partial charge is 0.239 e. The van der Waals surface area contributed by atoms with E-state index in [0.29, 0.717) is 13.0 Å². The second-order valence-corrected chi connectivity index (χ2v) is 4.45. The number of aliphatic hydroxyl groups is 1. The van der Waals surface area contributed by atoms with Gasteiger partial charge in [-0.15, -0.1) is 0 Å². The Balaban J connectivity index is 2.55. The number of nitrogens with zero attached hydrogens (tertiary/aromatic N) is 2. The van der Waals surface area contributed by atoms with E-state index in [1.807, 2.05) is 6.92 Å². The Morgan fingerprint density at radius 1 is 1.69 bits per heavy atom. The molecule has 1 saturated heterocycles. The van der Waals surface area contributed by atoms with E-state index >= 15 is 0 Å². The van der Waals surface area contributed by atoms with Gasteiger partial charge in [-0.25, -0.2) is 0 Å². The lowest BCUT2D eigenvalue weighted by Gasteiger charge is -2.33. The lowest BCUT2D eigenvalue weighted by molar-refractivity contribution is -0.136. The fourth-order valence-corrected chi connectivity index (χ4v) is 2.17. The Bertz CT molecular complexity index is 273. The summed E-state index contributed by atoms with van der Waals surface area (Å²) in [6.45, 7) is 3.45. The Morgan fingerprint density at radius 2 is 2.44 bits per heavy atom. The fourth-order valence-electron chi connectivity index (χ4n) is 2.17. The molecule has 1 aliphatic rings. The second-order valence-electron chi connectivity index (χ2n) is 4.45. The van der Waals surface area contributed by atoms with Crippen molar-refractivity contribution in [2.45, 2.75) is 32.6 Å². The maximum Gasteiger partial charge on any atom is 0.239 e. The van der Waals surface area contributed by atoms with E-state index in [1.165, 1.54) is 0 Å². The van der Waals surface area contributed by atoms with Crippen LogP contribution in [0.5, 0.6) is 0 Å². The van der Waals surface area contributed by atoms with Crippen LogP contribution in [0.15, 0.2) is 0 Å². The summed E-state index contributed by atoms with van der Waals surface area (Å²) in [5.74, 6) is -0.358. The zero-order chi connectivity index (χ0) is 12.0. The molecule has 1 heterocycles. The minimum absolute atomic E-state index is 0.0532.